The molecule has 0 radical (unpaired) electrons. The number of benzene rings is 1. The third-order valence-corrected chi connectivity index (χ3v) is 5.96. The molecule has 1 amide bonds. The second-order valence-electron chi connectivity index (χ2n) is 8.08. The van der Waals surface area contributed by atoms with Crippen molar-refractivity contribution in [2.75, 3.05) is 46.4 Å². The summed E-state index contributed by atoms with van der Waals surface area (Å²) in [6.07, 6.45) is -0.642. The second-order valence-corrected chi connectivity index (χ2v) is 8.08. The molecule has 2 aliphatic rings. The molecule has 1 aromatic carbocycles. The third-order valence-electron chi connectivity index (χ3n) is 5.96. The first-order chi connectivity index (χ1) is 15.3. The van der Waals surface area contributed by atoms with E-state index in [0.29, 0.717) is 25.3 Å². The molecule has 176 valence electrons. The van der Waals surface area contributed by atoms with Gasteiger partial charge >= 0.3 is 12.1 Å². The summed E-state index contributed by atoms with van der Waals surface area (Å²) in [7, 11) is 1.30. The lowest BCUT2D eigenvalue weighted by atomic mass is 10.1. The molecule has 6 N–H and O–H groups in total. The Bertz CT molecular complexity index is 828. The van der Waals surface area contributed by atoms with Gasteiger partial charge in [0, 0.05) is 26.2 Å². The average Bonchev–Trinajstić information content (AvgIpc) is 3.18. The van der Waals surface area contributed by atoms with Crippen LogP contribution in [0.15, 0.2) is 24.3 Å². The van der Waals surface area contributed by atoms with Crippen LogP contribution < -0.4 is 21.5 Å². The maximum atomic E-state index is 12.6. The number of cyclic esters (lactones) is 1. The smallest absolute Gasteiger partial charge is 0.412 e. The largest absolute Gasteiger partial charge is 0.490 e. The van der Waals surface area contributed by atoms with E-state index in [9.17, 15) is 9.59 Å². The average molecular weight is 449 g/mol. The highest BCUT2D eigenvalue weighted by atomic mass is 16.6. The van der Waals surface area contributed by atoms with Crippen molar-refractivity contribution in [2.24, 2.45) is 11.5 Å². The minimum absolute atomic E-state index is 0.0985. The van der Waals surface area contributed by atoms with Gasteiger partial charge in [-0.1, -0.05) is 12.1 Å². The summed E-state index contributed by atoms with van der Waals surface area (Å²) in [5.41, 5.74) is 11.5. The molecule has 1 aromatic rings. The number of hydrogen-bond donors (Lipinski definition) is 4. The van der Waals surface area contributed by atoms with Gasteiger partial charge in [-0.3, -0.25) is 20.0 Å². The minimum atomic E-state index is -1.05. The Kier molecular flexibility index (Phi) is 7.54. The van der Waals surface area contributed by atoms with Gasteiger partial charge in [-0.05, 0) is 31.0 Å². The summed E-state index contributed by atoms with van der Waals surface area (Å²) in [4.78, 5) is 27.6. The highest BCUT2D eigenvalue weighted by Gasteiger charge is 2.49. The van der Waals surface area contributed by atoms with E-state index in [1.165, 1.54) is 12.0 Å². The number of ether oxygens (including phenoxy) is 3. The molecule has 0 saturated carbocycles. The Morgan fingerprint density at radius 1 is 1.34 bits per heavy atom. The highest BCUT2D eigenvalue weighted by Crippen LogP contribution is 2.27. The summed E-state index contributed by atoms with van der Waals surface area (Å²) in [5, 5.41) is 11.4. The van der Waals surface area contributed by atoms with E-state index in [2.05, 4.69) is 10.1 Å². The van der Waals surface area contributed by atoms with Crippen molar-refractivity contribution in [1.82, 2.24) is 15.1 Å². The Morgan fingerprint density at radius 3 is 2.59 bits per heavy atom. The monoisotopic (exact) mass is 448 g/mol. The maximum absolute atomic E-state index is 12.6. The van der Waals surface area contributed by atoms with Gasteiger partial charge in [0.15, 0.2) is 11.8 Å². The van der Waals surface area contributed by atoms with Crippen molar-refractivity contribution in [1.29, 1.82) is 5.41 Å². The maximum Gasteiger partial charge on any atom is 0.412 e. The first-order valence-corrected chi connectivity index (χ1v) is 10.6. The zero-order valence-corrected chi connectivity index (χ0v) is 18.5. The van der Waals surface area contributed by atoms with Gasteiger partial charge in [0.25, 0.3) is 0 Å². The normalized spacial score (nSPS) is 22.0. The van der Waals surface area contributed by atoms with E-state index < -0.39 is 29.9 Å². The van der Waals surface area contributed by atoms with Gasteiger partial charge in [0.2, 0.25) is 0 Å². The van der Waals surface area contributed by atoms with Gasteiger partial charge < -0.3 is 31.0 Å². The lowest BCUT2D eigenvalue weighted by Gasteiger charge is -2.46. The Labute approximate surface area is 187 Å². The Balaban J connectivity index is 1.57. The number of nitrogens with zero attached hydrogens (tertiary/aromatic N) is 2. The molecule has 0 aromatic heterocycles. The van der Waals surface area contributed by atoms with E-state index >= 15 is 0 Å². The van der Waals surface area contributed by atoms with Gasteiger partial charge in [0.05, 0.1) is 13.7 Å². The zero-order chi connectivity index (χ0) is 23.3. The van der Waals surface area contributed by atoms with E-state index in [4.69, 9.17) is 26.4 Å². The standard InChI is InChI=1S/C21H32N6O5/c1-21(19(23)24,26-9-7-25-8-10-26)27-12-16(32-20(27)29)13-31-15-5-3-14(4-6-15)11-17(22)18(28)30-2/h3-6,16-17,25H,7-13,22H2,1-2H3,(H3,23,24). The molecule has 2 fully saturated rings. The topological polar surface area (TPSA) is 156 Å². The van der Waals surface area contributed by atoms with Crippen LogP contribution in [0.2, 0.25) is 0 Å². The van der Waals surface area contributed by atoms with Crippen molar-refractivity contribution in [2.45, 2.75) is 31.2 Å². The summed E-state index contributed by atoms with van der Waals surface area (Å²) < 4.78 is 15.9. The van der Waals surface area contributed by atoms with E-state index in [0.717, 1.165) is 18.7 Å². The molecule has 11 heteroatoms. The molecule has 3 atom stereocenters. The highest BCUT2D eigenvalue weighted by molar-refractivity contribution is 5.90. The number of methoxy groups -OCH3 is 1. The first kappa shape index (κ1) is 23.8. The summed E-state index contributed by atoms with van der Waals surface area (Å²) in [5.74, 6) is 0.0429. The number of carbonyl (C=O) groups excluding carboxylic acids is 2. The molecule has 0 spiro atoms. The Hall–Kier alpha value is -2.89. The molecule has 2 heterocycles. The minimum Gasteiger partial charge on any atom is -0.490 e. The zero-order valence-electron chi connectivity index (χ0n) is 18.5. The molecule has 2 saturated heterocycles. The van der Waals surface area contributed by atoms with Crippen LogP contribution in [0.25, 0.3) is 0 Å². The van der Waals surface area contributed by atoms with Crippen LogP contribution in [-0.2, 0) is 20.7 Å². The van der Waals surface area contributed by atoms with Crippen LogP contribution >= 0.6 is 0 Å². The summed E-state index contributed by atoms with van der Waals surface area (Å²) in [6.45, 7) is 5.09. The number of nitrogens with one attached hydrogen (secondary N) is 2. The fourth-order valence-corrected chi connectivity index (χ4v) is 3.95. The molecular formula is C21H32N6O5. The molecule has 2 aliphatic heterocycles. The van der Waals surface area contributed by atoms with Gasteiger partial charge in [0.1, 0.15) is 24.2 Å². The van der Waals surface area contributed by atoms with Crippen LogP contribution in [0.3, 0.4) is 0 Å². The number of hydrogen-bond acceptors (Lipinski definition) is 9. The quantitative estimate of drug-likeness (QED) is 0.222. The second kappa shape index (κ2) is 10.2. The van der Waals surface area contributed by atoms with Crippen molar-refractivity contribution >= 4 is 17.9 Å². The van der Waals surface area contributed by atoms with Crippen molar-refractivity contribution < 1.29 is 23.8 Å². The van der Waals surface area contributed by atoms with E-state index in [1.54, 1.807) is 19.1 Å². The first-order valence-electron chi connectivity index (χ1n) is 10.6. The number of nitrogens with two attached hydrogens (primary N) is 2. The molecule has 3 unspecified atom stereocenters. The number of amides is 1. The summed E-state index contributed by atoms with van der Waals surface area (Å²) >= 11 is 0. The van der Waals surface area contributed by atoms with Gasteiger partial charge in [-0.2, -0.15) is 0 Å². The molecule has 3 rings (SSSR count). The molecular weight excluding hydrogens is 416 g/mol. The van der Waals surface area contributed by atoms with Crippen molar-refractivity contribution in [3.05, 3.63) is 29.8 Å². The number of piperazine rings is 1. The fraction of sp³-hybridized carbons (Fsp3) is 0.571. The fourth-order valence-electron chi connectivity index (χ4n) is 3.95. The SMILES string of the molecule is COC(=O)C(N)Cc1ccc(OCC2CN(C(C)(C(=N)N)N3CCNCC3)C(=O)O2)cc1. The predicted octanol–water partition coefficient (Wildman–Crippen LogP) is -0.514. The van der Waals surface area contributed by atoms with E-state index in [-0.39, 0.29) is 19.0 Å². The van der Waals surface area contributed by atoms with Crippen LogP contribution in [-0.4, -0.2) is 91.9 Å². The third kappa shape index (κ3) is 5.12. The molecule has 0 bridgehead atoms. The Morgan fingerprint density at radius 2 is 2.00 bits per heavy atom. The predicted molar refractivity (Wildman–Crippen MR) is 117 cm³/mol. The number of esters is 1. The molecule has 11 nitrogen and oxygen atoms in total. The molecule has 0 aliphatic carbocycles. The van der Waals surface area contributed by atoms with Crippen LogP contribution in [0.4, 0.5) is 4.79 Å². The number of rotatable bonds is 9. The van der Waals surface area contributed by atoms with Crippen LogP contribution in [0.1, 0.15) is 12.5 Å². The van der Waals surface area contributed by atoms with Gasteiger partial charge in [-0.25, -0.2) is 4.79 Å². The van der Waals surface area contributed by atoms with Crippen molar-refractivity contribution in [3.63, 3.8) is 0 Å². The van der Waals surface area contributed by atoms with Gasteiger partial charge in [-0.15, -0.1) is 0 Å². The molecule has 32 heavy (non-hydrogen) atoms. The van der Waals surface area contributed by atoms with Crippen LogP contribution in [0.5, 0.6) is 5.75 Å². The summed E-state index contributed by atoms with van der Waals surface area (Å²) in [6, 6.07) is 6.47. The number of carbonyl (C=O) groups is 2. The van der Waals surface area contributed by atoms with Crippen LogP contribution in [0, 0.1) is 5.41 Å². The van der Waals surface area contributed by atoms with Crippen molar-refractivity contribution in [3.8, 4) is 5.75 Å². The number of amidine groups is 1. The van der Waals surface area contributed by atoms with E-state index in [1.807, 2.05) is 17.0 Å². The lowest BCUT2D eigenvalue weighted by Crippen LogP contribution is -2.68. The lowest BCUT2D eigenvalue weighted by molar-refractivity contribution is -0.142.